The fourth-order valence-electron chi connectivity index (χ4n) is 4.77. The van der Waals surface area contributed by atoms with Gasteiger partial charge in [-0.2, -0.15) is 4.72 Å². The Balaban J connectivity index is 1.52. The van der Waals surface area contributed by atoms with Crippen molar-refractivity contribution >= 4 is 27.5 Å². The number of amides is 2. The Kier molecular flexibility index (Phi) is 6.59. The van der Waals surface area contributed by atoms with Gasteiger partial charge in [0.05, 0.1) is 10.9 Å². The third kappa shape index (κ3) is 4.82. The lowest BCUT2D eigenvalue weighted by Crippen LogP contribution is -2.50. The first kappa shape index (κ1) is 23.4. The molecule has 0 aromatic heterocycles. The van der Waals surface area contributed by atoms with Gasteiger partial charge in [-0.3, -0.25) is 9.59 Å². The molecule has 4 rings (SSSR count). The third-order valence-corrected chi connectivity index (χ3v) is 7.99. The molecule has 1 aliphatic carbocycles. The van der Waals surface area contributed by atoms with Crippen LogP contribution in [0.15, 0.2) is 47.4 Å². The van der Waals surface area contributed by atoms with E-state index in [1.165, 1.54) is 18.6 Å². The van der Waals surface area contributed by atoms with Crippen molar-refractivity contribution in [1.29, 1.82) is 0 Å². The zero-order valence-corrected chi connectivity index (χ0v) is 20.1. The Morgan fingerprint density at radius 1 is 1.06 bits per heavy atom. The van der Waals surface area contributed by atoms with Gasteiger partial charge in [0, 0.05) is 19.2 Å². The number of hydrogen-bond acceptors (Lipinski definition) is 4. The molecular weight excluding hydrogens is 438 g/mol. The van der Waals surface area contributed by atoms with E-state index in [2.05, 4.69) is 16.1 Å². The topological polar surface area (TPSA) is 95.6 Å². The van der Waals surface area contributed by atoms with Gasteiger partial charge in [-0.05, 0) is 66.5 Å². The Labute approximate surface area is 195 Å². The maximum absolute atomic E-state index is 13.2. The molecule has 0 saturated heterocycles. The molecule has 0 saturated carbocycles. The van der Waals surface area contributed by atoms with Crippen LogP contribution in [0.3, 0.4) is 0 Å². The lowest BCUT2D eigenvalue weighted by molar-refractivity contribution is -0.124. The lowest BCUT2D eigenvalue weighted by atomic mass is 9.87. The van der Waals surface area contributed by atoms with Crippen LogP contribution in [-0.4, -0.2) is 32.8 Å². The minimum absolute atomic E-state index is 0.0664. The molecule has 0 unspecified atom stereocenters. The summed E-state index contributed by atoms with van der Waals surface area (Å²) in [6, 6.07) is 11.8. The molecule has 0 spiro atoms. The number of benzene rings is 2. The molecule has 2 aromatic carbocycles. The summed E-state index contributed by atoms with van der Waals surface area (Å²) in [4.78, 5) is 26.7. The molecule has 2 amide bonds. The van der Waals surface area contributed by atoms with Crippen molar-refractivity contribution in [3.63, 3.8) is 0 Å². The summed E-state index contributed by atoms with van der Waals surface area (Å²) in [6.45, 7) is 5.70. The first-order valence-electron chi connectivity index (χ1n) is 11.5. The van der Waals surface area contributed by atoms with Gasteiger partial charge in [-0.1, -0.05) is 38.1 Å². The van der Waals surface area contributed by atoms with Crippen LogP contribution >= 0.6 is 0 Å². The van der Waals surface area contributed by atoms with Crippen LogP contribution in [-0.2, 0) is 32.5 Å². The van der Waals surface area contributed by atoms with Crippen molar-refractivity contribution in [3.05, 3.63) is 59.2 Å². The standard InChI is InChI=1S/C25H31N3O4S/c1-16(2)24(25(30)26-22-10-6-8-18-7-4-5-9-21(18)22)27-33(31,32)20-11-12-23-19(15-20)13-14-28(23)17(3)29/h4-5,7,9,11-12,15-16,22,24,27H,6,8,10,13-14H2,1-3H3,(H,26,30)/t22-,24-/m1/s1. The minimum Gasteiger partial charge on any atom is -0.348 e. The third-order valence-electron chi connectivity index (χ3n) is 6.55. The van der Waals surface area contributed by atoms with Crippen molar-refractivity contribution in [2.75, 3.05) is 11.4 Å². The number of sulfonamides is 1. The largest absolute Gasteiger partial charge is 0.348 e. The monoisotopic (exact) mass is 469 g/mol. The highest BCUT2D eigenvalue weighted by atomic mass is 32.2. The summed E-state index contributed by atoms with van der Waals surface area (Å²) in [5, 5.41) is 3.08. The quantitative estimate of drug-likeness (QED) is 0.680. The summed E-state index contributed by atoms with van der Waals surface area (Å²) in [5.41, 5.74) is 3.90. The Bertz CT molecular complexity index is 1180. The average Bonchev–Trinajstić information content (AvgIpc) is 3.21. The first-order valence-corrected chi connectivity index (χ1v) is 13.0. The van der Waals surface area contributed by atoms with E-state index >= 15 is 0 Å². The number of nitrogens with one attached hydrogen (secondary N) is 2. The molecular formula is C25H31N3O4S. The molecule has 2 aliphatic rings. The van der Waals surface area contributed by atoms with Gasteiger partial charge in [-0.25, -0.2) is 8.42 Å². The molecule has 33 heavy (non-hydrogen) atoms. The Morgan fingerprint density at radius 3 is 2.55 bits per heavy atom. The number of carbonyl (C=O) groups excluding carboxylic acids is 2. The smallest absolute Gasteiger partial charge is 0.241 e. The molecule has 2 aromatic rings. The fraction of sp³-hybridized carbons (Fsp3) is 0.440. The number of nitrogens with zero attached hydrogens (tertiary/aromatic N) is 1. The van der Waals surface area contributed by atoms with Crippen LogP contribution in [0.2, 0.25) is 0 Å². The summed E-state index contributed by atoms with van der Waals surface area (Å²) < 4.78 is 29.0. The van der Waals surface area contributed by atoms with Gasteiger partial charge < -0.3 is 10.2 Å². The van der Waals surface area contributed by atoms with Gasteiger partial charge in [0.2, 0.25) is 21.8 Å². The number of fused-ring (bicyclic) bond motifs is 2. The van der Waals surface area contributed by atoms with E-state index in [9.17, 15) is 18.0 Å². The number of aryl methyl sites for hydroxylation is 1. The van der Waals surface area contributed by atoms with Crippen molar-refractivity contribution in [2.45, 2.75) is 63.4 Å². The Hall–Kier alpha value is -2.71. The Morgan fingerprint density at radius 2 is 1.82 bits per heavy atom. The van der Waals surface area contributed by atoms with Gasteiger partial charge in [0.15, 0.2) is 0 Å². The maximum Gasteiger partial charge on any atom is 0.241 e. The highest BCUT2D eigenvalue weighted by Crippen LogP contribution is 2.31. The lowest BCUT2D eigenvalue weighted by Gasteiger charge is -2.29. The van der Waals surface area contributed by atoms with Crippen LogP contribution in [0.4, 0.5) is 5.69 Å². The molecule has 2 atom stereocenters. The minimum atomic E-state index is -3.92. The molecule has 1 aliphatic heterocycles. The summed E-state index contributed by atoms with van der Waals surface area (Å²) in [5.74, 6) is -0.622. The second kappa shape index (κ2) is 9.27. The highest BCUT2D eigenvalue weighted by molar-refractivity contribution is 7.89. The van der Waals surface area contributed by atoms with Crippen LogP contribution < -0.4 is 14.9 Å². The molecule has 0 fully saturated rings. The molecule has 176 valence electrons. The second-order valence-electron chi connectivity index (χ2n) is 9.21. The van der Waals surface area contributed by atoms with Gasteiger partial charge in [-0.15, -0.1) is 0 Å². The van der Waals surface area contributed by atoms with Crippen molar-refractivity contribution < 1.29 is 18.0 Å². The van der Waals surface area contributed by atoms with E-state index in [-0.39, 0.29) is 28.7 Å². The first-order chi connectivity index (χ1) is 15.7. The van der Waals surface area contributed by atoms with Crippen LogP contribution in [0.25, 0.3) is 0 Å². The van der Waals surface area contributed by atoms with Gasteiger partial charge in [0.1, 0.15) is 6.04 Å². The van der Waals surface area contributed by atoms with E-state index in [0.717, 1.165) is 36.1 Å². The summed E-state index contributed by atoms with van der Waals surface area (Å²) >= 11 is 0. The molecule has 0 bridgehead atoms. The molecule has 1 heterocycles. The highest BCUT2D eigenvalue weighted by Gasteiger charge is 2.32. The van der Waals surface area contributed by atoms with E-state index in [0.29, 0.717) is 13.0 Å². The summed E-state index contributed by atoms with van der Waals surface area (Å²) in [6.07, 6.45) is 3.40. The molecule has 8 heteroatoms. The normalized spacial score (nSPS) is 18.5. The van der Waals surface area contributed by atoms with Gasteiger partial charge in [0.25, 0.3) is 0 Å². The number of rotatable bonds is 6. The number of carbonyl (C=O) groups is 2. The number of hydrogen-bond donors (Lipinski definition) is 2. The molecule has 7 nitrogen and oxygen atoms in total. The SMILES string of the molecule is CC(=O)N1CCc2cc(S(=O)(=O)N[C@@H](C(=O)N[C@@H]3CCCc4ccccc43)C(C)C)ccc21. The van der Waals surface area contributed by atoms with Crippen molar-refractivity contribution in [1.82, 2.24) is 10.0 Å². The van der Waals surface area contributed by atoms with E-state index in [1.54, 1.807) is 17.0 Å². The van der Waals surface area contributed by atoms with E-state index in [4.69, 9.17) is 0 Å². The fourth-order valence-corrected chi connectivity index (χ4v) is 6.16. The van der Waals surface area contributed by atoms with E-state index in [1.807, 2.05) is 32.0 Å². The zero-order valence-electron chi connectivity index (χ0n) is 19.3. The molecule has 0 radical (unpaired) electrons. The maximum atomic E-state index is 13.2. The second-order valence-corrected chi connectivity index (χ2v) is 10.9. The zero-order chi connectivity index (χ0) is 23.8. The van der Waals surface area contributed by atoms with E-state index < -0.39 is 16.1 Å². The van der Waals surface area contributed by atoms with Crippen LogP contribution in [0, 0.1) is 5.92 Å². The van der Waals surface area contributed by atoms with Crippen molar-refractivity contribution in [2.24, 2.45) is 5.92 Å². The van der Waals surface area contributed by atoms with Gasteiger partial charge >= 0.3 is 0 Å². The average molecular weight is 470 g/mol. The number of anilines is 1. The van der Waals surface area contributed by atoms with Crippen LogP contribution in [0.5, 0.6) is 0 Å². The summed E-state index contributed by atoms with van der Waals surface area (Å²) in [7, 11) is -3.92. The van der Waals surface area contributed by atoms with Crippen molar-refractivity contribution in [3.8, 4) is 0 Å². The predicted octanol–water partition coefficient (Wildman–Crippen LogP) is 3.09. The molecule has 2 N–H and O–H groups in total. The van der Waals surface area contributed by atoms with Crippen LogP contribution in [0.1, 0.15) is 56.3 Å². The predicted molar refractivity (Wildman–Crippen MR) is 127 cm³/mol.